The number of hydrogen-bond acceptors (Lipinski definition) is 2. The molecular formula is C11H19NS. The van der Waals surface area contributed by atoms with E-state index in [4.69, 9.17) is 5.73 Å². The summed E-state index contributed by atoms with van der Waals surface area (Å²) in [5.74, 6) is 0. The van der Waals surface area contributed by atoms with Crippen LogP contribution in [0.15, 0.2) is 11.4 Å². The average molecular weight is 197 g/mol. The molecule has 74 valence electrons. The third-order valence-electron chi connectivity index (χ3n) is 2.31. The highest BCUT2D eigenvalue weighted by molar-refractivity contribution is 7.10. The van der Waals surface area contributed by atoms with Crippen molar-refractivity contribution in [2.45, 2.75) is 45.6 Å². The van der Waals surface area contributed by atoms with Crippen LogP contribution in [0.2, 0.25) is 0 Å². The zero-order valence-corrected chi connectivity index (χ0v) is 9.74. The van der Waals surface area contributed by atoms with Crippen LogP contribution in [0.5, 0.6) is 0 Å². The molecule has 1 unspecified atom stereocenters. The van der Waals surface area contributed by atoms with Gasteiger partial charge in [-0.2, -0.15) is 0 Å². The van der Waals surface area contributed by atoms with E-state index >= 15 is 0 Å². The van der Waals surface area contributed by atoms with E-state index in [1.165, 1.54) is 10.4 Å². The van der Waals surface area contributed by atoms with Crippen molar-refractivity contribution in [2.24, 2.45) is 5.73 Å². The Balaban J connectivity index is 2.87. The molecule has 0 amide bonds. The molecule has 2 N–H and O–H groups in total. The minimum absolute atomic E-state index is 0.229. The van der Waals surface area contributed by atoms with Crippen LogP contribution < -0.4 is 5.73 Å². The molecule has 13 heavy (non-hydrogen) atoms. The summed E-state index contributed by atoms with van der Waals surface area (Å²) in [5.41, 5.74) is 7.47. The van der Waals surface area contributed by atoms with Gasteiger partial charge in [-0.05, 0) is 37.3 Å². The molecule has 1 aromatic rings. The van der Waals surface area contributed by atoms with Gasteiger partial charge in [0.2, 0.25) is 0 Å². The summed E-state index contributed by atoms with van der Waals surface area (Å²) in [7, 11) is 0. The lowest BCUT2D eigenvalue weighted by molar-refractivity contribution is 0.443. The predicted molar refractivity (Wildman–Crippen MR) is 60.3 cm³/mol. The number of rotatable bonds is 3. The molecule has 1 rings (SSSR count). The third kappa shape index (κ3) is 2.55. The number of nitrogens with two attached hydrogens (primary N) is 1. The summed E-state index contributed by atoms with van der Waals surface area (Å²) >= 11 is 1.84. The summed E-state index contributed by atoms with van der Waals surface area (Å²) in [4.78, 5) is 1.48. The second-order valence-corrected chi connectivity index (χ2v) is 5.41. The highest BCUT2D eigenvalue weighted by atomic mass is 32.1. The molecule has 0 radical (unpaired) electrons. The van der Waals surface area contributed by atoms with Crippen LogP contribution in [0, 0.1) is 6.92 Å². The van der Waals surface area contributed by atoms with Crippen LogP contribution in [-0.4, -0.2) is 6.04 Å². The first-order chi connectivity index (χ1) is 5.93. The second kappa shape index (κ2) is 3.81. The number of aryl methyl sites for hydroxylation is 1. The maximum atomic E-state index is 5.84. The number of hydrogen-bond donors (Lipinski definition) is 1. The molecular weight excluding hydrogens is 178 g/mol. The summed E-state index contributed by atoms with van der Waals surface area (Å²) in [6.45, 7) is 8.80. The van der Waals surface area contributed by atoms with Gasteiger partial charge in [0.1, 0.15) is 0 Å². The van der Waals surface area contributed by atoms with Gasteiger partial charge in [0.15, 0.2) is 0 Å². The highest BCUT2D eigenvalue weighted by Gasteiger charge is 2.24. The van der Waals surface area contributed by atoms with Crippen LogP contribution in [0.25, 0.3) is 0 Å². The van der Waals surface area contributed by atoms with E-state index < -0.39 is 0 Å². The van der Waals surface area contributed by atoms with E-state index in [2.05, 4.69) is 39.1 Å². The van der Waals surface area contributed by atoms with Crippen LogP contribution in [-0.2, 0) is 5.41 Å². The van der Waals surface area contributed by atoms with Crippen LogP contribution in [0.4, 0.5) is 0 Å². The van der Waals surface area contributed by atoms with Gasteiger partial charge in [-0.3, -0.25) is 0 Å². The minimum Gasteiger partial charge on any atom is -0.328 e. The SMILES string of the molecule is Cc1ccsc1C(C)(C)CC(C)N. The van der Waals surface area contributed by atoms with Crippen molar-refractivity contribution in [1.82, 2.24) is 0 Å². The van der Waals surface area contributed by atoms with Crippen LogP contribution in [0.3, 0.4) is 0 Å². The fourth-order valence-corrected chi connectivity index (χ4v) is 3.03. The monoisotopic (exact) mass is 197 g/mol. The zero-order valence-electron chi connectivity index (χ0n) is 8.92. The molecule has 0 saturated carbocycles. The predicted octanol–water partition coefficient (Wildman–Crippen LogP) is 3.07. The van der Waals surface area contributed by atoms with Crippen molar-refractivity contribution in [3.8, 4) is 0 Å². The molecule has 0 spiro atoms. The molecule has 1 heterocycles. The van der Waals surface area contributed by atoms with Gasteiger partial charge < -0.3 is 5.73 Å². The molecule has 1 atom stereocenters. The molecule has 1 nitrogen and oxygen atoms in total. The Kier molecular flexibility index (Phi) is 3.14. The zero-order chi connectivity index (χ0) is 10.1. The molecule has 0 aliphatic heterocycles. The van der Waals surface area contributed by atoms with Crippen molar-refractivity contribution in [1.29, 1.82) is 0 Å². The molecule has 0 fully saturated rings. The third-order valence-corrected chi connectivity index (χ3v) is 3.69. The Bertz CT molecular complexity index is 273. The van der Waals surface area contributed by atoms with E-state index in [0.29, 0.717) is 0 Å². The van der Waals surface area contributed by atoms with Gasteiger partial charge in [-0.15, -0.1) is 11.3 Å². The van der Waals surface area contributed by atoms with Gasteiger partial charge >= 0.3 is 0 Å². The van der Waals surface area contributed by atoms with Crippen molar-refractivity contribution in [3.05, 3.63) is 21.9 Å². The van der Waals surface area contributed by atoms with Gasteiger partial charge in [-0.1, -0.05) is 13.8 Å². The molecule has 0 aliphatic carbocycles. The summed E-state index contributed by atoms with van der Waals surface area (Å²) in [6.07, 6.45) is 1.05. The summed E-state index contributed by atoms with van der Waals surface area (Å²) in [6, 6.07) is 2.46. The first-order valence-electron chi connectivity index (χ1n) is 4.73. The van der Waals surface area contributed by atoms with Gasteiger partial charge in [-0.25, -0.2) is 0 Å². The van der Waals surface area contributed by atoms with E-state index in [1.807, 2.05) is 11.3 Å². The van der Waals surface area contributed by atoms with Gasteiger partial charge in [0, 0.05) is 16.3 Å². The van der Waals surface area contributed by atoms with Crippen molar-refractivity contribution in [3.63, 3.8) is 0 Å². The number of thiophene rings is 1. The molecule has 0 aromatic carbocycles. The molecule has 1 aromatic heterocycles. The highest BCUT2D eigenvalue weighted by Crippen LogP contribution is 2.34. The second-order valence-electron chi connectivity index (χ2n) is 4.50. The maximum absolute atomic E-state index is 5.84. The first kappa shape index (κ1) is 10.7. The molecule has 2 heteroatoms. The minimum atomic E-state index is 0.229. The average Bonchev–Trinajstić information content (AvgIpc) is 2.32. The fourth-order valence-electron chi connectivity index (χ4n) is 1.96. The Morgan fingerprint density at radius 3 is 2.54 bits per heavy atom. The summed E-state index contributed by atoms with van der Waals surface area (Å²) in [5, 5.41) is 2.16. The first-order valence-corrected chi connectivity index (χ1v) is 5.61. The van der Waals surface area contributed by atoms with Crippen molar-refractivity contribution < 1.29 is 0 Å². The van der Waals surface area contributed by atoms with E-state index in [0.717, 1.165) is 6.42 Å². The Morgan fingerprint density at radius 1 is 1.54 bits per heavy atom. The van der Waals surface area contributed by atoms with E-state index in [9.17, 15) is 0 Å². The maximum Gasteiger partial charge on any atom is 0.0131 e. The van der Waals surface area contributed by atoms with Crippen LogP contribution in [0.1, 0.15) is 37.6 Å². The smallest absolute Gasteiger partial charge is 0.0131 e. The lowest BCUT2D eigenvalue weighted by Crippen LogP contribution is -2.27. The topological polar surface area (TPSA) is 26.0 Å². The van der Waals surface area contributed by atoms with E-state index in [1.54, 1.807) is 0 Å². The van der Waals surface area contributed by atoms with Crippen LogP contribution >= 0.6 is 11.3 Å². The van der Waals surface area contributed by atoms with Crippen molar-refractivity contribution >= 4 is 11.3 Å². The Morgan fingerprint density at radius 2 is 2.15 bits per heavy atom. The summed E-state index contributed by atoms with van der Waals surface area (Å²) < 4.78 is 0. The van der Waals surface area contributed by atoms with Gasteiger partial charge in [0.05, 0.1) is 0 Å². The normalized spacial score (nSPS) is 14.5. The van der Waals surface area contributed by atoms with E-state index in [-0.39, 0.29) is 11.5 Å². The quantitative estimate of drug-likeness (QED) is 0.792. The lowest BCUT2D eigenvalue weighted by atomic mass is 9.83. The standard InChI is InChI=1S/C11H19NS/c1-8-5-6-13-10(8)11(3,4)7-9(2)12/h5-6,9H,7,12H2,1-4H3. The fraction of sp³-hybridized carbons (Fsp3) is 0.636. The Hall–Kier alpha value is -0.340. The Labute approximate surface area is 85.0 Å². The molecule has 0 aliphatic rings. The molecule has 0 saturated heterocycles. The van der Waals surface area contributed by atoms with Gasteiger partial charge in [0.25, 0.3) is 0 Å². The lowest BCUT2D eigenvalue weighted by Gasteiger charge is -2.26. The molecule has 0 bridgehead atoms. The van der Waals surface area contributed by atoms with Crippen molar-refractivity contribution in [2.75, 3.05) is 0 Å². The largest absolute Gasteiger partial charge is 0.328 e.